The van der Waals surface area contributed by atoms with Crippen LogP contribution in [0.1, 0.15) is 12.7 Å². The number of rotatable bonds is 3. The summed E-state index contributed by atoms with van der Waals surface area (Å²) in [6.07, 6.45) is 3.74. The predicted octanol–water partition coefficient (Wildman–Crippen LogP) is 2.32. The molecule has 0 aliphatic carbocycles. The Hall–Kier alpha value is -1.31. The van der Waals surface area contributed by atoms with Crippen LogP contribution in [0.3, 0.4) is 0 Å². The molecule has 0 aliphatic heterocycles. The van der Waals surface area contributed by atoms with Crippen LogP contribution in [0.4, 0.5) is 0 Å². The first-order chi connectivity index (χ1) is 5.61. The minimum atomic E-state index is 0.793. The third-order valence-corrected chi connectivity index (χ3v) is 1.89. The van der Waals surface area contributed by atoms with Crippen LogP contribution in [-0.2, 0) is 6.54 Å². The molecule has 0 aliphatic rings. The highest BCUT2D eigenvalue weighted by Crippen LogP contribution is 2.08. The van der Waals surface area contributed by atoms with Gasteiger partial charge in [-0.2, -0.15) is 0 Å². The maximum atomic E-state index is 4.12. The molecule has 0 amide bonds. The molecular weight excluding hydrogens is 148 g/mol. The van der Waals surface area contributed by atoms with Crippen molar-refractivity contribution in [1.29, 1.82) is 0 Å². The predicted molar refractivity (Wildman–Crippen MR) is 50.9 cm³/mol. The number of aromatic nitrogens is 2. The van der Waals surface area contributed by atoms with Crippen LogP contribution >= 0.6 is 0 Å². The zero-order valence-electron chi connectivity index (χ0n) is 7.67. The summed E-state index contributed by atoms with van der Waals surface area (Å²) in [7, 11) is 0. The molecule has 0 saturated heterocycles. The van der Waals surface area contributed by atoms with Crippen LogP contribution in [0.25, 0.3) is 0 Å². The summed E-state index contributed by atoms with van der Waals surface area (Å²) in [4.78, 5) is 4.12. The maximum Gasteiger partial charge on any atom is 0.105 e. The highest BCUT2D eigenvalue weighted by atomic mass is 15.0. The Kier molecular flexibility index (Phi) is 2.48. The molecule has 1 aromatic heterocycles. The second-order valence-electron chi connectivity index (χ2n) is 2.99. The highest BCUT2D eigenvalue weighted by molar-refractivity contribution is 5.22. The summed E-state index contributed by atoms with van der Waals surface area (Å²) in [5, 5.41) is 0. The van der Waals surface area contributed by atoms with Crippen molar-refractivity contribution in [1.82, 2.24) is 9.55 Å². The Morgan fingerprint density at radius 1 is 1.58 bits per heavy atom. The van der Waals surface area contributed by atoms with E-state index >= 15 is 0 Å². The molecule has 0 spiro atoms. The number of hydrogen-bond donors (Lipinski definition) is 0. The molecule has 0 N–H and O–H groups in total. The van der Waals surface area contributed by atoms with Gasteiger partial charge >= 0.3 is 0 Å². The van der Waals surface area contributed by atoms with Crippen molar-refractivity contribution in [2.75, 3.05) is 0 Å². The van der Waals surface area contributed by atoms with Crippen LogP contribution in [0.5, 0.6) is 0 Å². The topological polar surface area (TPSA) is 17.8 Å². The van der Waals surface area contributed by atoms with Gasteiger partial charge in [0.05, 0.1) is 0 Å². The van der Waals surface area contributed by atoms with Crippen molar-refractivity contribution < 1.29 is 0 Å². The number of allylic oxidation sites excluding steroid dienone is 2. The van der Waals surface area contributed by atoms with Gasteiger partial charge in [0.15, 0.2) is 0 Å². The van der Waals surface area contributed by atoms with E-state index in [1.54, 1.807) is 6.20 Å². The Labute approximate surface area is 73.2 Å². The fourth-order valence-electron chi connectivity index (χ4n) is 0.911. The van der Waals surface area contributed by atoms with E-state index in [-0.39, 0.29) is 0 Å². The lowest BCUT2D eigenvalue weighted by Crippen LogP contribution is -2.01. The summed E-state index contributed by atoms with van der Waals surface area (Å²) in [6, 6.07) is 0. The van der Waals surface area contributed by atoms with Gasteiger partial charge in [-0.3, -0.25) is 0 Å². The molecular formula is C10H14N2. The molecule has 1 rings (SSSR count). The molecule has 0 aromatic carbocycles. The van der Waals surface area contributed by atoms with Gasteiger partial charge < -0.3 is 4.57 Å². The van der Waals surface area contributed by atoms with Crippen LogP contribution in [0, 0.1) is 6.92 Å². The largest absolute Gasteiger partial charge is 0.331 e. The third kappa shape index (κ3) is 1.84. The summed E-state index contributed by atoms with van der Waals surface area (Å²) < 4.78 is 2.05. The van der Waals surface area contributed by atoms with Crippen LogP contribution in [0.15, 0.2) is 36.7 Å². The van der Waals surface area contributed by atoms with Gasteiger partial charge in [-0.25, -0.2) is 4.98 Å². The van der Waals surface area contributed by atoms with Crippen LogP contribution in [0.2, 0.25) is 0 Å². The molecule has 1 aromatic rings. The first-order valence-corrected chi connectivity index (χ1v) is 3.92. The maximum absolute atomic E-state index is 4.12. The number of aryl methyl sites for hydroxylation is 1. The minimum Gasteiger partial charge on any atom is -0.331 e. The van der Waals surface area contributed by atoms with E-state index in [0.29, 0.717) is 0 Å². The van der Waals surface area contributed by atoms with Crippen molar-refractivity contribution in [3.8, 4) is 0 Å². The molecule has 0 unspecified atom stereocenters. The molecule has 2 nitrogen and oxygen atoms in total. The van der Waals surface area contributed by atoms with Gasteiger partial charge in [-0.1, -0.05) is 18.7 Å². The number of imidazole rings is 1. The van der Waals surface area contributed by atoms with Gasteiger partial charge in [0.2, 0.25) is 0 Å². The van der Waals surface area contributed by atoms with E-state index in [1.807, 2.05) is 20.0 Å². The zero-order chi connectivity index (χ0) is 9.14. The molecule has 64 valence electrons. The quantitative estimate of drug-likeness (QED) is 0.624. The molecule has 0 fully saturated rings. The first-order valence-electron chi connectivity index (χ1n) is 3.92. The van der Waals surface area contributed by atoms with Gasteiger partial charge in [0.25, 0.3) is 0 Å². The second-order valence-corrected chi connectivity index (χ2v) is 2.99. The normalized spacial score (nSPS) is 9.83. The fourth-order valence-corrected chi connectivity index (χ4v) is 0.911. The van der Waals surface area contributed by atoms with Crippen LogP contribution in [-0.4, -0.2) is 9.55 Å². The van der Waals surface area contributed by atoms with Crippen molar-refractivity contribution in [3.05, 3.63) is 42.5 Å². The van der Waals surface area contributed by atoms with Crippen molar-refractivity contribution in [3.63, 3.8) is 0 Å². The van der Waals surface area contributed by atoms with Crippen molar-refractivity contribution >= 4 is 0 Å². The van der Waals surface area contributed by atoms with E-state index in [2.05, 4.69) is 22.7 Å². The smallest absolute Gasteiger partial charge is 0.105 e. The number of hydrogen-bond acceptors (Lipinski definition) is 1. The van der Waals surface area contributed by atoms with Gasteiger partial charge in [0.1, 0.15) is 5.82 Å². The van der Waals surface area contributed by atoms with E-state index in [4.69, 9.17) is 0 Å². The standard InChI is InChI=1S/C10H14N2/c1-8(2)9(3)7-12-6-5-11-10(12)4/h5-6H,1,3,7H2,2,4H3. The molecule has 0 saturated carbocycles. The van der Waals surface area contributed by atoms with Gasteiger partial charge in [-0.05, 0) is 19.4 Å². The Balaban J connectivity index is 2.71. The van der Waals surface area contributed by atoms with Gasteiger partial charge in [0, 0.05) is 18.9 Å². The van der Waals surface area contributed by atoms with E-state index < -0.39 is 0 Å². The molecule has 0 radical (unpaired) electrons. The summed E-state index contributed by atoms with van der Waals surface area (Å²) >= 11 is 0. The molecule has 0 atom stereocenters. The Bertz CT molecular complexity index is 307. The molecule has 2 heteroatoms. The Morgan fingerprint density at radius 2 is 2.25 bits per heavy atom. The summed E-state index contributed by atoms with van der Waals surface area (Å²) in [5.41, 5.74) is 2.08. The Morgan fingerprint density at radius 3 is 2.67 bits per heavy atom. The van der Waals surface area contributed by atoms with Crippen molar-refractivity contribution in [2.45, 2.75) is 20.4 Å². The van der Waals surface area contributed by atoms with E-state index in [1.165, 1.54) is 0 Å². The van der Waals surface area contributed by atoms with Crippen LogP contribution < -0.4 is 0 Å². The lowest BCUT2D eigenvalue weighted by atomic mass is 10.1. The fraction of sp³-hybridized carbons (Fsp3) is 0.300. The summed E-state index contributed by atoms with van der Waals surface area (Å²) in [5.74, 6) is 1.01. The first kappa shape index (κ1) is 8.78. The van der Waals surface area contributed by atoms with E-state index in [9.17, 15) is 0 Å². The SMILES string of the molecule is C=C(C)C(=C)Cn1ccnc1C. The second kappa shape index (κ2) is 3.39. The summed E-state index contributed by atoms with van der Waals surface area (Å²) in [6.45, 7) is 12.5. The molecule has 1 heterocycles. The minimum absolute atomic E-state index is 0.793. The lowest BCUT2D eigenvalue weighted by Gasteiger charge is -2.07. The molecule has 0 bridgehead atoms. The average molecular weight is 162 g/mol. The van der Waals surface area contributed by atoms with E-state index in [0.717, 1.165) is 23.5 Å². The zero-order valence-corrected chi connectivity index (χ0v) is 7.67. The lowest BCUT2D eigenvalue weighted by molar-refractivity contribution is 0.756. The third-order valence-electron chi connectivity index (χ3n) is 1.89. The average Bonchev–Trinajstić information content (AvgIpc) is 2.36. The monoisotopic (exact) mass is 162 g/mol. The molecule has 12 heavy (non-hydrogen) atoms. The highest BCUT2D eigenvalue weighted by Gasteiger charge is 1.99. The van der Waals surface area contributed by atoms with Gasteiger partial charge in [-0.15, -0.1) is 0 Å². The number of nitrogens with zero attached hydrogens (tertiary/aromatic N) is 2. The van der Waals surface area contributed by atoms with Crippen molar-refractivity contribution in [2.24, 2.45) is 0 Å².